The first-order chi connectivity index (χ1) is 13.2. The first kappa shape index (κ1) is 17.4. The number of nitrogens with one attached hydrogen (secondary N) is 1. The number of carbonyl (C=O) groups is 1. The molecular weight excluding hydrogens is 412 g/mol. The molecule has 1 atom stereocenters. The summed E-state index contributed by atoms with van der Waals surface area (Å²) in [5.41, 5.74) is 3.39. The number of nitrogens with zero attached hydrogens (tertiary/aromatic N) is 1. The number of amides is 1. The van der Waals surface area contributed by atoms with Crippen LogP contribution in [-0.4, -0.2) is 24.8 Å². The van der Waals surface area contributed by atoms with Crippen LogP contribution in [0.4, 0.5) is 0 Å². The zero-order chi connectivity index (χ0) is 18.6. The number of benzene rings is 2. The molecule has 1 aliphatic rings. The number of furan rings is 1. The highest BCUT2D eigenvalue weighted by Gasteiger charge is 2.26. The van der Waals surface area contributed by atoms with Gasteiger partial charge in [-0.25, -0.2) is 5.43 Å². The van der Waals surface area contributed by atoms with Crippen LogP contribution >= 0.6 is 15.9 Å². The predicted octanol–water partition coefficient (Wildman–Crippen LogP) is 4.00. The number of hydrazone groups is 1. The smallest absolute Gasteiger partial charge is 0.284 e. The van der Waals surface area contributed by atoms with E-state index < -0.39 is 6.10 Å². The van der Waals surface area contributed by atoms with Gasteiger partial charge in [0.05, 0.1) is 6.21 Å². The Hall–Kier alpha value is -3.06. The van der Waals surface area contributed by atoms with E-state index in [4.69, 9.17) is 13.9 Å². The molecular formula is C20H15BrN2O4. The van der Waals surface area contributed by atoms with Crippen molar-refractivity contribution in [2.45, 2.75) is 6.10 Å². The molecule has 0 unspecified atom stereocenters. The molecule has 0 saturated carbocycles. The van der Waals surface area contributed by atoms with Gasteiger partial charge in [0.25, 0.3) is 5.91 Å². The summed E-state index contributed by atoms with van der Waals surface area (Å²) in [5, 5.41) is 3.93. The largest absolute Gasteiger partial charge is 0.485 e. The fourth-order valence-electron chi connectivity index (χ4n) is 2.60. The predicted molar refractivity (Wildman–Crippen MR) is 104 cm³/mol. The summed E-state index contributed by atoms with van der Waals surface area (Å²) in [5.74, 6) is 2.01. The zero-order valence-electron chi connectivity index (χ0n) is 14.1. The summed E-state index contributed by atoms with van der Waals surface area (Å²) in [6.07, 6.45) is 0.683. The number of ether oxygens (including phenoxy) is 2. The van der Waals surface area contributed by atoms with Gasteiger partial charge in [-0.05, 0) is 36.4 Å². The second-order valence-electron chi connectivity index (χ2n) is 5.81. The summed E-state index contributed by atoms with van der Waals surface area (Å²) < 4.78 is 17.8. The van der Waals surface area contributed by atoms with Crippen molar-refractivity contribution in [2.75, 3.05) is 6.61 Å². The highest BCUT2D eigenvalue weighted by atomic mass is 79.9. The molecule has 2 heterocycles. The summed E-state index contributed by atoms with van der Waals surface area (Å²) >= 11 is 3.43. The standard InChI is InChI=1S/C20H15BrN2O4/c21-14-5-3-4-13(10-14)16-9-8-15(26-16)11-22-23-20(24)19-12-25-17-6-1-2-7-18(17)27-19/h1-11,19H,12H2,(H,23,24)/b22-11+/t19-/m0/s1. The molecule has 2 aromatic carbocycles. The Bertz CT molecular complexity index is 999. The van der Waals surface area contributed by atoms with Crippen LogP contribution in [0.15, 0.2) is 74.7 Å². The number of para-hydroxylation sites is 2. The van der Waals surface area contributed by atoms with Gasteiger partial charge in [-0.2, -0.15) is 5.10 Å². The van der Waals surface area contributed by atoms with E-state index in [2.05, 4.69) is 26.5 Å². The molecule has 3 aromatic rings. The molecule has 136 valence electrons. The molecule has 4 rings (SSSR count). The Kier molecular flexibility index (Phi) is 4.93. The number of hydrogen-bond acceptors (Lipinski definition) is 5. The molecule has 0 saturated heterocycles. The molecule has 0 radical (unpaired) electrons. The fourth-order valence-corrected chi connectivity index (χ4v) is 3.00. The molecule has 6 nitrogen and oxygen atoms in total. The molecule has 0 spiro atoms. The minimum Gasteiger partial charge on any atom is -0.485 e. The van der Waals surface area contributed by atoms with Gasteiger partial charge in [-0.15, -0.1) is 0 Å². The van der Waals surface area contributed by atoms with E-state index >= 15 is 0 Å². The van der Waals surface area contributed by atoms with Crippen LogP contribution in [0.5, 0.6) is 11.5 Å². The number of fused-ring (bicyclic) bond motifs is 1. The lowest BCUT2D eigenvalue weighted by Crippen LogP contribution is -2.42. The fraction of sp³-hybridized carbons (Fsp3) is 0.100. The molecule has 1 aromatic heterocycles. The number of hydrogen-bond donors (Lipinski definition) is 1. The van der Waals surface area contributed by atoms with Gasteiger partial charge in [0.1, 0.15) is 18.1 Å². The summed E-state index contributed by atoms with van der Waals surface area (Å²) in [7, 11) is 0. The van der Waals surface area contributed by atoms with Gasteiger partial charge in [-0.3, -0.25) is 4.79 Å². The lowest BCUT2D eigenvalue weighted by atomic mass is 10.2. The van der Waals surface area contributed by atoms with E-state index in [1.54, 1.807) is 18.2 Å². The van der Waals surface area contributed by atoms with E-state index in [1.165, 1.54) is 6.21 Å². The van der Waals surface area contributed by atoms with Gasteiger partial charge >= 0.3 is 0 Å². The Morgan fingerprint density at radius 3 is 2.81 bits per heavy atom. The molecule has 0 aliphatic carbocycles. The van der Waals surface area contributed by atoms with E-state index in [0.29, 0.717) is 23.0 Å². The normalized spacial score (nSPS) is 15.7. The maximum Gasteiger partial charge on any atom is 0.284 e. The van der Waals surface area contributed by atoms with Gasteiger partial charge in [-0.1, -0.05) is 40.2 Å². The molecule has 1 amide bonds. The average molecular weight is 427 g/mol. The Morgan fingerprint density at radius 2 is 1.96 bits per heavy atom. The van der Waals surface area contributed by atoms with E-state index in [9.17, 15) is 4.79 Å². The average Bonchev–Trinajstić information content (AvgIpc) is 3.16. The highest BCUT2D eigenvalue weighted by Crippen LogP contribution is 2.30. The summed E-state index contributed by atoms with van der Waals surface area (Å²) in [4.78, 5) is 12.2. The van der Waals surface area contributed by atoms with Gasteiger partial charge in [0.15, 0.2) is 11.5 Å². The maximum atomic E-state index is 12.2. The van der Waals surface area contributed by atoms with Crippen LogP contribution in [0.3, 0.4) is 0 Å². The minimum atomic E-state index is -0.758. The van der Waals surface area contributed by atoms with Crippen LogP contribution in [0, 0.1) is 0 Å². The third-order valence-electron chi connectivity index (χ3n) is 3.90. The Morgan fingerprint density at radius 1 is 1.11 bits per heavy atom. The topological polar surface area (TPSA) is 73.1 Å². The molecule has 27 heavy (non-hydrogen) atoms. The Balaban J connectivity index is 1.36. The van der Waals surface area contributed by atoms with Crippen molar-refractivity contribution >= 4 is 28.1 Å². The SMILES string of the molecule is O=C(N/N=C/c1ccc(-c2cccc(Br)c2)o1)[C@@H]1COc2ccccc2O1. The van der Waals surface area contributed by atoms with Crippen molar-refractivity contribution in [3.05, 3.63) is 70.9 Å². The van der Waals surface area contributed by atoms with Crippen molar-refractivity contribution in [1.82, 2.24) is 5.43 Å². The Labute approximate surface area is 163 Å². The van der Waals surface area contributed by atoms with E-state index in [1.807, 2.05) is 42.5 Å². The quantitative estimate of drug-likeness (QED) is 0.505. The van der Waals surface area contributed by atoms with Gasteiger partial charge < -0.3 is 13.9 Å². The summed E-state index contributed by atoms with van der Waals surface area (Å²) in [6, 6.07) is 18.6. The number of halogens is 1. The lowest BCUT2D eigenvalue weighted by Gasteiger charge is -2.24. The van der Waals surface area contributed by atoms with Crippen LogP contribution in [-0.2, 0) is 4.79 Å². The van der Waals surface area contributed by atoms with Crippen LogP contribution in [0.1, 0.15) is 5.76 Å². The molecule has 1 aliphatic heterocycles. The van der Waals surface area contributed by atoms with Crippen molar-refractivity contribution in [2.24, 2.45) is 5.10 Å². The van der Waals surface area contributed by atoms with Crippen molar-refractivity contribution in [3.8, 4) is 22.8 Å². The highest BCUT2D eigenvalue weighted by molar-refractivity contribution is 9.10. The maximum absolute atomic E-state index is 12.2. The number of carbonyl (C=O) groups excluding carboxylic acids is 1. The van der Waals surface area contributed by atoms with Crippen molar-refractivity contribution in [1.29, 1.82) is 0 Å². The number of rotatable bonds is 4. The minimum absolute atomic E-state index is 0.131. The van der Waals surface area contributed by atoms with Crippen molar-refractivity contribution in [3.63, 3.8) is 0 Å². The monoisotopic (exact) mass is 426 g/mol. The van der Waals surface area contributed by atoms with Crippen molar-refractivity contribution < 1.29 is 18.7 Å². The second kappa shape index (κ2) is 7.67. The molecule has 0 bridgehead atoms. The van der Waals surface area contributed by atoms with E-state index in [-0.39, 0.29) is 12.5 Å². The lowest BCUT2D eigenvalue weighted by molar-refractivity contribution is -0.130. The first-order valence-electron chi connectivity index (χ1n) is 8.26. The third-order valence-corrected chi connectivity index (χ3v) is 4.40. The van der Waals surface area contributed by atoms with Crippen LogP contribution in [0.25, 0.3) is 11.3 Å². The zero-order valence-corrected chi connectivity index (χ0v) is 15.7. The molecule has 7 heteroatoms. The van der Waals surface area contributed by atoms with Gasteiger partial charge in [0, 0.05) is 10.0 Å². The van der Waals surface area contributed by atoms with Crippen LogP contribution in [0.2, 0.25) is 0 Å². The van der Waals surface area contributed by atoms with Crippen LogP contribution < -0.4 is 14.9 Å². The summed E-state index contributed by atoms with van der Waals surface area (Å²) in [6.45, 7) is 0.131. The molecule has 1 N–H and O–H groups in total. The first-order valence-corrected chi connectivity index (χ1v) is 9.05. The third kappa shape index (κ3) is 4.03. The van der Waals surface area contributed by atoms with Gasteiger partial charge in [0.2, 0.25) is 6.10 Å². The molecule has 0 fully saturated rings. The second-order valence-corrected chi connectivity index (χ2v) is 6.73. The van der Waals surface area contributed by atoms with E-state index in [0.717, 1.165) is 10.0 Å².